The highest BCUT2D eigenvalue weighted by Gasteiger charge is 2.19. The highest BCUT2D eigenvalue weighted by molar-refractivity contribution is 7.86. The molecule has 0 heterocycles. The number of unbranched alkanes of at least 4 members (excludes halogenated alkanes) is 2. The van der Waals surface area contributed by atoms with E-state index >= 15 is 0 Å². The fourth-order valence-electron chi connectivity index (χ4n) is 1.70. The van der Waals surface area contributed by atoms with Gasteiger partial charge in [-0.1, -0.05) is 25.8 Å². The largest absolute Gasteiger partial charge is 0.325 e. The average Bonchev–Trinajstić information content (AvgIpc) is 2.46. The van der Waals surface area contributed by atoms with Gasteiger partial charge in [0.2, 0.25) is 5.91 Å². The quantitative estimate of drug-likeness (QED) is 0.786. The van der Waals surface area contributed by atoms with E-state index in [0.717, 1.165) is 19.3 Å². The number of nitrogens with zero attached hydrogens (tertiary/aromatic N) is 1. The van der Waals surface area contributed by atoms with Crippen molar-refractivity contribution < 1.29 is 9.00 Å². The van der Waals surface area contributed by atoms with Gasteiger partial charge in [-0.15, -0.1) is 0 Å². The van der Waals surface area contributed by atoms with Gasteiger partial charge in [0.1, 0.15) is 5.25 Å². The number of anilines is 1. The zero-order valence-corrected chi connectivity index (χ0v) is 12.7. The lowest BCUT2D eigenvalue weighted by atomic mass is 10.2. The second-order valence-electron chi connectivity index (χ2n) is 4.62. The van der Waals surface area contributed by atoms with Crippen LogP contribution in [0.2, 0.25) is 0 Å². The van der Waals surface area contributed by atoms with E-state index in [9.17, 15) is 9.00 Å². The number of carbonyl (C=O) groups excluding carboxylic acids is 1. The smallest absolute Gasteiger partial charge is 0.239 e. The molecule has 20 heavy (non-hydrogen) atoms. The van der Waals surface area contributed by atoms with Crippen molar-refractivity contribution in [2.45, 2.75) is 38.4 Å². The molecular weight excluding hydrogens is 272 g/mol. The summed E-state index contributed by atoms with van der Waals surface area (Å²) in [6.45, 7) is 3.76. The van der Waals surface area contributed by atoms with E-state index in [1.54, 1.807) is 31.2 Å². The van der Waals surface area contributed by atoms with Crippen molar-refractivity contribution in [1.82, 2.24) is 0 Å². The van der Waals surface area contributed by atoms with Gasteiger partial charge in [0.15, 0.2) is 0 Å². The monoisotopic (exact) mass is 292 g/mol. The zero-order chi connectivity index (χ0) is 15.0. The molecule has 2 unspecified atom stereocenters. The predicted molar refractivity (Wildman–Crippen MR) is 81.8 cm³/mol. The molecule has 0 bridgehead atoms. The van der Waals surface area contributed by atoms with Crippen LogP contribution in [0, 0.1) is 11.3 Å². The van der Waals surface area contributed by atoms with E-state index in [0.29, 0.717) is 17.0 Å². The SMILES string of the molecule is CCCCCS(=O)C(C)C(=O)Nc1cccc(C#N)c1. The maximum atomic E-state index is 12.0. The summed E-state index contributed by atoms with van der Waals surface area (Å²) >= 11 is 0. The molecule has 0 saturated heterocycles. The molecule has 0 fully saturated rings. The van der Waals surface area contributed by atoms with Crippen LogP contribution in [0.15, 0.2) is 24.3 Å². The normalized spacial score (nSPS) is 13.2. The van der Waals surface area contributed by atoms with Crippen LogP contribution < -0.4 is 5.32 Å². The van der Waals surface area contributed by atoms with Gasteiger partial charge in [-0.05, 0) is 31.5 Å². The molecule has 2 atom stereocenters. The maximum absolute atomic E-state index is 12.0. The molecule has 1 amide bonds. The van der Waals surface area contributed by atoms with Crippen LogP contribution in [0.4, 0.5) is 5.69 Å². The van der Waals surface area contributed by atoms with Crippen LogP contribution in [0.1, 0.15) is 38.7 Å². The number of hydrogen-bond donors (Lipinski definition) is 1. The summed E-state index contributed by atoms with van der Waals surface area (Å²) in [5.41, 5.74) is 1.05. The summed E-state index contributed by atoms with van der Waals surface area (Å²) in [6, 6.07) is 8.71. The van der Waals surface area contributed by atoms with Crippen molar-refractivity contribution in [2.75, 3.05) is 11.1 Å². The summed E-state index contributed by atoms with van der Waals surface area (Å²) in [5, 5.41) is 11.0. The summed E-state index contributed by atoms with van der Waals surface area (Å²) in [4.78, 5) is 12.0. The number of nitrogens with one attached hydrogen (secondary N) is 1. The third-order valence-corrected chi connectivity index (χ3v) is 4.67. The number of carbonyl (C=O) groups is 1. The van der Waals surface area contributed by atoms with E-state index < -0.39 is 16.0 Å². The average molecular weight is 292 g/mol. The minimum absolute atomic E-state index is 0.269. The fraction of sp³-hybridized carbons (Fsp3) is 0.467. The van der Waals surface area contributed by atoms with Crippen LogP contribution >= 0.6 is 0 Å². The molecular formula is C15H20N2O2S. The van der Waals surface area contributed by atoms with E-state index in [4.69, 9.17) is 5.26 Å². The molecule has 108 valence electrons. The molecule has 4 nitrogen and oxygen atoms in total. The molecule has 1 N–H and O–H groups in total. The summed E-state index contributed by atoms with van der Waals surface area (Å²) < 4.78 is 12.0. The second-order valence-corrected chi connectivity index (χ2v) is 6.49. The standard InChI is InChI=1S/C15H20N2O2S/c1-3-4-5-9-20(19)12(2)15(18)17-14-8-6-7-13(10-14)11-16/h6-8,10,12H,3-5,9H2,1-2H3,(H,17,18). The Hall–Kier alpha value is -1.67. The van der Waals surface area contributed by atoms with Gasteiger partial charge in [0.25, 0.3) is 0 Å². The zero-order valence-electron chi connectivity index (χ0n) is 11.9. The predicted octanol–water partition coefficient (Wildman–Crippen LogP) is 2.82. The van der Waals surface area contributed by atoms with Crippen molar-refractivity contribution in [3.63, 3.8) is 0 Å². The lowest BCUT2D eigenvalue weighted by Crippen LogP contribution is -2.30. The Bertz CT molecular complexity index is 523. The first-order chi connectivity index (χ1) is 9.58. The minimum atomic E-state index is -1.15. The Morgan fingerprint density at radius 2 is 2.20 bits per heavy atom. The Balaban J connectivity index is 2.56. The van der Waals surface area contributed by atoms with Crippen molar-refractivity contribution in [2.24, 2.45) is 0 Å². The Kier molecular flexibility index (Phi) is 6.96. The first kappa shape index (κ1) is 16.4. The number of benzene rings is 1. The van der Waals surface area contributed by atoms with Crippen LogP contribution in [0.5, 0.6) is 0 Å². The van der Waals surface area contributed by atoms with Gasteiger partial charge in [-0.25, -0.2) is 0 Å². The lowest BCUT2D eigenvalue weighted by Gasteiger charge is -2.12. The van der Waals surface area contributed by atoms with Crippen LogP contribution in [0.3, 0.4) is 0 Å². The molecule has 0 aliphatic rings. The van der Waals surface area contributed by atoms with E-state index in [2.05, 4.69) is 12.2 Å². The minimum Gasteiger partial charge on any atom is -0.325 e. The molecule has 0 saturated carbocycles. The molecule has 1 rings (SSSR count). The molecule has 1 aromatic rings. The molecule has 0 aliphatic carbocycles. The molecule has 1 aromatic carbocycles. The van der Waals surface area contributed by atoms with Crippen molar-refractivity contribution in [1.29, 1.82) is 5.26 Å². The third kappa shape index (κ3) is 5.14. The van der Waals surface area contributed by atoms with E-state index in [1.807, 2.05) is 6.07 Å². The topological polar surface area (TPSA) is 70.0 Å². The first-order valence-corrected chi connectivity index (χ1v) is 8.15. The fourth-order valence-corrected chi connectivity index (χ4v) is 2.84. The third-order valence-electron chi connectivity index (χ3n) is 2.97. The second kappa shape index (κ2) is 8.49. The molecule has 0 radical (unpaired) electrons. The number of rotatable bonds is 7. The first-order valence-electron chi connectivity index (χ1n) is 6.76. The number of hydrogen-bond acceptors (Lipinski definition) is 3. The molecule has 0 aliphatic heterocycles. The van der Waals surface area contributed by atoms with E-state index in [-0.39, 0.29) is 5.91 Å². The lowest BCUT2D eigenvalue weighted by molar-refractivity contribution is -0.115. The maximum Gasteiger partial charge on any atom is 0.239 e. The van der Waals surface area contributed by atoms with Gasteiger partial charge < -0.3 is 5.32 Å². The molecule has 0 aromatic heterocycles. The highest BCUT2D eigenvalue weighted by Crippen LogP contribution is 2.11. The number of amides is 1. The van der Waals surface area contributed by atoms with Crippen LogP contribution in [0.25, 0.3) is 0 Å². The Labute approximate surface area is 122 Å². The van der Waals surface area contributed by atoms with Crippen molar-refractivity contribution >= 4 is 22.4 Å². The van der Waals surface area contributed by atoms with Crippen molar-refractivity contribution in [3.8, 4) is 6.07 Å². The van der Waals surface area contributed by atoms with Gasteiger partial charge in [0, 0.05) is 22.2 Å². The van der Waals surface area contributed by atoms with Gasteiger partial charge in [0.05, 0.1) is 11.6 Å². The van der Waals surface area contributed by atoms with E-state index in [1.165, 1.54) is 0 Å². The van der Waals surface area contributed by atoms with Gasteiger partial charge in [-0.2, -0.15) is 5.26 Å². The number of nitriles is 1. The molecule has 0 spiro atoms. The summed E-state index contributed by atoms with van der Waals surface area (Å²) in [7, 11) is -1.15. The van der Waals surface area contributed by atoms with Crippen LogP contribution in [-0.2, 0) is 15.6 Å². The van der Waals surface area contributed by atoms with Gasteiger partial charge in [-0.3, -0.25) is 9.00 Å². The summed E-state index contributed by atoms with van der Waals surface area (Å²) in [5.74, 6) is 0.288. The van der Waals surface area contributed by atoms with Crippen LogP contribution in [-0.4, -0.2) is 21.1 Å². The van der Waals surface area contributed by atoms with Gasteiger partial charge >= 0.3 is 0 Å². The Morgan fingerprint density at radius 3 is 2.85 bits per heavy atom. The van der Waals surface area contributed by atoms with Crippen molar-refractivity contribution in [3.05, 3.63) is 29.8 Å². The Morgan fingerprint density at radius 1 is 1.45 bits per heavy atom. The highest BCUT2D eigenvalue weighted by atomic mass is 32.2. The molecule has 5 heteroatoms. The summed E-state index contributed by atoms with van der Waals surface area (Å²) in [6.07, 6.45) is 2.98.